The Morgan fingerprint density at radius 1 is 0.960 bits per heavy atom. The fourth-order valence-electron chi connectivity index (χ4n) is 3.22. The van der Waals surface area contributed by atoms with Crippen LogP contribution in [0.4, 0.5) is 10.3 Å². The molecule has 1 aromatic carbocycles. The first-order valence-corrected chi connectivity index (χ1v) is 8.46. The molecule has 0 unspecified atom stereocenters. The van der Waals surface area contributed by atoms with Gasteiger partial charge in [0.25, 0.3) is 0 Å². The van der Waals surface area contributed by atoms with Gasteiger partial charge in [0.1, 0.15) is 5.82 Å². The van der Waals surface area contributed by atoms with E-state index in [0.717, 1.165) is 38.7 Å². The van der Waals surface area contributed by atoms with E-state index >= 15 is 0 Å². The number of para-hydroxylation sites is 1. The van der Waals surface area contributed by atoms with Crippen LogP contribution in [0.3, 0.4) is 0 Å². The fourth-order valence-corrected chi connectivity index (χ4v) is 3.22. The molecule has 0 N–H and O–H groups in total. The molecule has 0 spiro atoms. The third kappa shape index (κ3) is 3.39. The quantitative estimate of drug-likeness (QED) is 0.734. The van der Waals surface area contributed by atoms with Gasteiger partial charge in [-0.2, -0.15) is 0 Å². The zero-order chi connectivity index (χ0) is 17.1. The van der Waals surface area contributed by atoms with Gasteiger partial charge in [-0.05, 0) is 23.8 Å². The summed E-state index contributed by atoms with van der Waals surface area (Å²) in [5.74, 6) is 0.558. The number of hydrogen-bond acceptors (Lipinski definition) is 4. The SMILES string of the molecule is Fc1ccccc1-n1ccnc1N1CCN(Cc2cccnc2)CC1. The van der Waals surface area contributed by atoms with Crippen molar-refractivity contribution in [3.05, 3.63) is 72.6 Å². The van der Waals surface area contributed by atoms with E-state index in [0.29, 0.717) is 5.69 Å². The zero-order valence-electron chi connectivity index (χ0n) is 13.9. The third-order valence-electron chi connectivity index (χ3n) is 4.52. The number of anilines is 1. The monoisotopic (exact) mass is 337 g/mol. The van der Waals surface area contributed by atoms with Gasteiger partial charge < -0.3 is 4.90 Å². The van der Waals surface area contributed by atoms with Crippen LogP contribution in [-0.2, 0) is 6.54 Å². The second kappa shape index (κ2) is 7.03. The summed E-state index contributed by atoms with van der Waals surface area (Å²) in [5.41, 5.74) is 1.76. The van der Waals surface area contributed by atoms with Crippen molar-refractivity contribution < 1.29 is 4.39 Å². The minimum Gasteiger partial charge on any atom is -0.339 e. The largest absolute Gasteiger partial charge is 0.339 e. The molecule has 0 atom stereocenters. The molecule has 4 rings (SSSR count). The van der Waals surface area contributed by atoms with Gasteiger partial charge in [-0.15, -0.1) is 0 Å². The molecule has 2 aromatic heterocycles. The zero-order valence-corrected chi connectivity index (χ0v) is 13.9. The van der Waals surface area contributed by atoms with Gasteiger partial charge in [-0.3, -0.25) is 14.5 Å². The van der Waals surface area contributed by atoms with E-state index < -0.39 is 0 Å². The Bertz CT molecular complexity index is 825. The Hall–Kier alpha value is -2.73. The third-order valence-corrected chi connectivity index (χ3v) is 4.52. The Labute approximate surface area is 146 Å². The van der Waals surface area contributed by atoms with E-state index in [1.165, 1.54) is 11.6 Å². The smallest absolute Gasteiger partial charge is 0.210 e. The summed E-state index contributed by atoms with van der Waals surface area (Å²) in [6, 6.07) is 10.9. The maximum atomic E-state index is 14.1. The summed E-state index contributed by atoms with van der Waals surface area (Å²) in [7, 11) is 0. The Kier molecular flexibility index (Phi) is 4.43. The number of pyridine rings is 1. The first-order valence-electron chi connectivity index (χ1n) is 8.46. The topological polar surface area (TPSA) is 37.2 Å². The van der Waals surface area contributed by atoms with Gasteiger partial charge in [-0.25, -0.2) is 9.37 Å². The number of piperazine rings is 1. The van der Waals surface area contributed by atoms with Crippen molar-refractivity contribution in [3.63, 3.8) is 0 Å². The van der Waals surface area contributed by atoms with Crippen LogP contribution in [0.2, 0.25) is 0 Å². The first kappa shape index (κ1) is 15.8. The lowest BCUT2D eigenvalue weighted by atomic mass is 10.2. The maximum absolute atomic E-state index is 14.1. The number of imidazole rings is 1. The second-order valence-electron chi connectivity index (χ2n) is 6.17. The summed E-state index contributed by atoms with van der Waals surface area (Å²) in [4.78, 5) is 13.3. The van der Waals surface area contributed by atoms with Crippen LogP contribution in [0.1, 0.15) is 5.56 Å². The summed E-state index contributed by atoms with van der Waals surface area (Å²) >= 11 is 0. The van der Waals surface area contributed by atoms with Gasteiger partial charge in [0.2, 0.25) is 5.95 Å². The number of rotatable bonds is 4. The van der Waals surface area contributed by atoms with Crippen LogP contribution < -0.4 is 4.90 Å². The van der Waals surface area contributed by atoms with Crippen LogP contribution in [0.15, 0.2) is 61.2 Å². The van der Waals surface area contributed by atoms with Crippen molar-refractivity contribution in [2.24, 2.45) is 0 Å². The average molecular weight is 337 g/mol. The van der Waals surface area contributed by atoms with Gasteiger partial charge >= 0.3 is 0 Å². The molecule has 1 fully saturated rings. The summed E-state index contributed by atoms with van der Waals surface area (Å²) < 4.78 is 15.9. The van der Waals surface area contributed by atoms with Crippen molar-refractivity contribution in [1.82, 2.24) is 19.4 Å². The van der Waals surface area contributed by atoms with Crippen molar-refractivity contribution in [3.8, 4) is 5.69 Å². The van der Waals surface area contributed by atoms with Gasteiger partial charge in [0.05, 0.1) is 5.69 Å². The van der Waals surface area contributed by atoms with Crippen LogP contribution in [0.5, 0.6) is 0 Å². The summed E-state index contributed by atoms with van der Waals surface area (Å²) in [6.07, 6.45) is 7.25. The van der Waals surface area contributed by atoms with Crippen LogP contribution in [0, 0.1) is 5.82 Å². The molecule has 1 aliphatic rings. The van der Waals surface area contributed by atoms with E-state index in [2.05, 4.69) is 25.8 Å². The fraction of sp³-hybridized carbons (Fsp3) is 0.263. The van der Waals surface area contributed by atoms with Crippen molar-refractivity contribution in [2.45, 2.75) is 6.54 Å². The lowest BCUT2D eigenvalue weighted by Gasteiger charge is -2.35. The maximum Gasteiger partial charge on any atom is 0.210 e. The minimum atomic E-state index is -0.239. The highest BCUT2D eigenvalue weighted by atomic mass is 19.1. The second-order valence-corrected chi connectivity index (χ2v) is 6.17. The molecule has 1 aliphatic heterocycles. The molecule has 0 aliphatic carbocycles. The molecule has 25 heavy (non-hydrogen) atoms. The number of aromatic nitrogens is 3. The van der Waals surface area contributed by atoms with E-state index in [1.54, 1.807) is 24.5 Å². The molecule has 6 heteroatoms. The average Bonchev–Trinajstić information content (AvgIpc) is 3.13. The van der Waals surface area contributed by atoms with E-state index in [-0.39, 0.29) is 5.82 Å². The highest BCUT2D eigenvalue weighted by Crippen LogP contribution is 2.22. The molecular formula is C19H20FN5. The normalized spacial score (nSPS) is 15.5. The van der Waals surface area contributed by atoms with Gasteiger partial charge in [0.15, 0.2) is 0 Å². The molecular weight excluding hydrogens is 317 g/mol. The standard InChI is InChI=1S/C19H20FN5/c20-17-5-1-2-6-18(17)25-9-8-22-19(25)24-12-10-23(11-13-24)15-16-4-3-7-21-14-16/h1-9,14H,10-13,15H2. The lowest BCUT2D eigenvalue weighted by Crippen LogP contribution is -2.46. The Morgan fingerprint density at radius 3 is 2.56 bits per heavy atom. The molecule has 0 bridgehead atoms. The van der Waals surface area contributed by atoms with Crippen molar-refractivity contribution in [2.75, 3.05) is 31.1 Å². The predicted octanol–water partition coefficient (Wildman–Crippen LogP) is 2.73. The van der Waals surface area contributed by atoms with Crippen LogP contribution in [-0.4, -0.2) is 45.6 Å². The molecule has 1 saturated heterocycles. The Morgan fingerprint density at radius 2 is 1.80 bits per heavy atom. The summed E-state index contributed by atoms with van der Waals surface area (Å²) in [5, 5.41) is 0. The molecule has 0 amide bonds. The molecule has 0 saturated carbocycles. The molecule has 128 valence electrons. The molecule has 3 aromatic rings. The predicted molar refractivity (Wildman–Crippen MR) is 95.2 cm³/mol. The first-order chi connectivity index (χ1) is 12.3. The number of benzene rings is 1. The highest BCUT2D eigenvalue weighted by Gasteiger charge is 2.21. The van der Waals surface area contributed by atoms with E-state index in [1.807, 2.05) is 29.1 Å². The van der Waals surface area contributed by atoms with Crippen LogP contribution >= 0.6 is 0 Å². The van der Waals surface area contributed by atoms with Crippen LogP contribution in [0.25, 0.3) is 5.69 Å². The lowest BCUT2D eigenvalue weighted by molar-refractivity contribution is 0.248. The van der Waals surface area contributed by atoms with Crippen molar-refractivity contribution >= 4 is 5.95 Å². The summed E-state index contributed by atoms with van der Waals surface area (Å²) in [6.45, 7) is 4.53. The number of halogens is 1. The minimum absolute atomic E-state index is 0.239. The van der Waals surface area contributed by atoms with E-state index in [9.17, 15) is 4.39 Å². The number of hydrogen-bond donors (Lipinski definition) is 0. The van der Waals surface area contributed by atoms with Crippen molar-refractivity contribution in [1.29, 1.82) is 0 Å². The van der Waals surface area contributed by atoms with Gasteiger partial charge in [-0.1, -0.05) is 18.2 Å². The Balaban J connectivity index is 1.45. The molecule has 5 nitrogen and oxygen atoms in total. The highest BCUT2D eigenvalue weighted by molar-refractivity contribution is 5.44. The molecule has 3 heterocycles. The van der Waals surface area contributed by atoms with Gasteiger partial charge in [0, 0.05) is 57.5 Å². The van der Waals surface area contributed by atoms with E-state index in [4.69, 9.17) is 0 Å². The molecule has 0 radical (unpaired) electrons. The number of nitrogens with zero attached hydrogens (tertiary/aromatic N) is 5.